The van der Waals surface area contributed by atoms with E-state index < -0.39 is 17.7 Å². The number of rotatable bonds is 3. The van der Waals surface area contributed by atoms with Crippen molar-refractivity contribution in [3.05, 3.63) is 24.3 Å². The van der Waals surface area contributed by atoms with Crippen LogP contribution in [0.4, 0.5) is 10.5 Å². The number of nitrogens with one attached hydrogen (secondary N) is 1. The van der Waals surface area contributed by atoms with E-state index in [9.17, 15) is 9.59 Å². The normalized spacial score (nSPS) is 18.8. The molecule has 0 aliphatic carbocycles. The lowest BCUT2D eigenvalue weighted by atomic mass is 10.1. The van der Waals surface area contributed by atoms with Gasteiger partial charge in [-0.3, -0.25) is 4.79 Å². The number of anilines is 1. The van der Waals surface area contributed by atoms with Gasteiger partial charge in [0.05, 0.1) is 12.8 Å². The van der Waals surface area contributed by atoms with Crippen LogP contribution in [0.1, 0.15) is 40.0 Å². The minimum Gasteiger partial charge on any atom is -0.495 e. The Hall–Kier alpha value is -2.24. The summed E-state index contributed by atoms with van der Waals surface area (Å²) in [6, 6.07) is 6.82. The Kier molecular flexibility index (Phi) is 5.70. The van der Waals surface area contributed by atoms with E-state index in [1.165, 1.54) is 0 Å². The summed E-state index contributed by atoms with van der Waals surface area (Å²) in [5.41, 5.74) is 0.128. The van der Waals surface area contributed by atoms with Gasteiger partial charge in [0.25, 0.3) is 0 Å². The van der Waals surface area contributed by atoms with Crippen LogP contribution in [0, 0.1) is 0 Å². The summed E-state index contributed by atoms with van der Waals surface area (Å²) >= 11 is 0. The van der Waals surface area contributed by atoms with Gasteiger partial charge in [-0.1, -0.05) is 12.1 Å². The van der Waals surface area contributed by atoms with E-state index in [-0.39, 0.29) is 5.91 Å². The van der Waals surface area contributed by atoms with Crippen molar-refractivity contribution in [2.45, 2.75) is 51.7 Å². The Morgan fingerprint density at radius 3 is 2.62 bits per heavy atom. The molecule has 132 valence electrons. The van der Waals surface area contributed by atoms with Crippen LogP contribution in [0.15, 0.2) is 24.3 Å². The second-order valence-electron chi connectivity index (χ2n) is 6.86. The second kappa shape index (κ2) is 7.55. The maximum atomic E-state index is 12.9. The number of ether oxygens (including phenoxy) is 2. The van der Waals surface area contributed by atoms with Gasteiger partial charge in [-0.05, 0) is 52.2 Å². The molecular weight excluding hydrogens is 308 g/mol. The van der Waals surface area contributed by atoms with Crippen molar-refractivity contribution >= 4 is 17.7 Å². The third kappa shape index (κ3) is 4.63. The summed E-state index contributed by atoms with van der Waals surface area (Å²) in [7, 11) is 1.58. The molecule has 1 aliphatic rings. The van der Waals surface area contributed by atoms with E-state index in [1.54, 1.807) is 32.8 Å². The molecule has 0 aromatic heterocycles. The van der Waals surface area contributed by atoms with Crippen molar-refractivity contribution in [2.75, 3.05) is 18.6 Å². The SMILES string of the molecule is COc1ccccc1N1CCCCC(NC(=O)OC(C)(C)C)C1=O. The molecule has 1 aliphatic heterocycles. The monoisotopic (exact) mass is 334 g/mol. The standard InChI is InChI=1S/C18H26N2O4/c1-18(2,3)24-17(22)19-13-9-7-8-12-20(16(13)21)14-10-5-6-11-15(14)23-4/h5-6,10-11,13H,7-9,12H2,1-4H3,(H,19,22). The first-order valence-electron chi connectivity index (χ1n) is 8.26. The number of hydrogen-bond acceptors (Lipinski definition) is 4. The molecule has 1 atom stereocenters. The molecule has 1 aromatic carbocycles. The van der Waals surface area contributed by atoms with Gasteiger partial charge in [0.2, 0.25) is 5.91 Å². The largest absolute Gasteiger partial charge is 0.495 e. The fourth-order valence-electron chi connectivity index (χ4n) is 2.72. The number of benzene rings is 1. The average Bonchev–Trinajstić information content (AvgIpc) is 2.68. The molecular formula is C18H26N2O4. The second-order valence-corrected chi connectivity index (χ2v) is 6.86. The summed E-state index contributed by atoms with van der Waals surface area (Å²) in [5, 5.41) is 2.71. The molecule has 1 saturated heterocycles. The first-order chi connectivity index (χ1) is 11.3. The average molecular weight is 334 g/mol. The number of nitrogens with zero attached hydrogens (tertiary/aromatic N) is 1. The highest BCUT2D eigenvalue weighted by atomic mass is 16.6. The van der Waals surface area contributed by atoms with Crippen molar-refractivity contribution in [3.8, 4) is 5.75 Å². The molecule has 6 nitrogen and oxygen atoms in total. The van der Waals surface area contributed by atoms with Crippen LogP contribution in [0.25, 0.3) is 0 Å². The van der Waals surface area contributed by atoms with Crippen LogP contribution in [0.3, 0.4) is 0 Å². The van der Waals surface area contributed by atoms with E-state index in [0.717, 1.165) is 18.5 Å². The quantitative estimate of drug-likeness (QED) is 0.922. The third-order valence-corrected chi connectivity index (χ3v) is 3.76. The van der Waals surface area contributed by atoms with Gasteiger partial charge < -0.3 is 19.7 Å². The summed E-state index contributed by atoms with van der Waals surface area (Å²) < 4.78 is 10.6. The first kappa shape index (κ1) is 18.1. The number of alkyl carbamates (subject to hydrolysis) is 1. The number of carbonyl (C=O) groups is 2. The topological polar surface area (TPSA) is 67.9 Å². The highest BCUT2D eigenvalue weighted by Gasteiger charge is 2.31. The van der Waals surface area contributed by atoms with Crippen molar-refractivity contribution in [1.82, 2.24) is 5.32 Å². The fourth-order valence-corrected chi connectivity index (χ4v) is 2.72. The van der Waals surface area contributed by atoms with E-state index in [1.807, 2.05) is 24.3 Å². The number of methoxy groups -OCH3 is 1. The summed E-state index contributed by atoms with van der Waals surface area (Å²) in [5.74, 6) is 0.506. The zero-order valence-corrected chi connectivity index (χ0v) is 14.8. The van der Waals surface area contributed by atoms with Crippen LogP contribution in [0.2, 0.25) is 0 Å². The Labute approximate surface area is 143 Å². The van der Waals surface area contributed by atoms with Gasteiger partial charge in [0.1, 0.15) is 17.4 Å². The van der Waals surface area contributed by atoms with Crippen molar-refractivity contribution in [3.63, 3.8) is 0 Å². The van der Waals surface area contributed by atoms with Gasteiger partial charge in [-0.2, -0.15) is 0 Å². The maximum absolute atomic E-state index is 12.9. The molecule has 24 heavy (non-hydrogen) atoms. The first-order valence-corrected chi connectivity index (χ1v) is 8.26. The molecule has 1 heterocycles. The lowest BCUT2D eigenvalue weighted by Crippen LogP contribution is -2.48. The van der Waals surface area contributed by atoms with Crippen LogP contribution in [0.5, 0.6) is 5.75 Å². The molecule has 1 fully saturated rings. The Morgan fingerprint density at radius 1 is 1.25 bits per heavy atom. The molecule has 1 unspecified atom stereocenters. The Morgan fingerprint density at radius 2 is 1.96 bits per heavy atom. The zero-order chi connectivity index (χ0) is 17.7. The van der Waals surface area contributed by atoms with Crippen LogP contribution < -0.4 is 15.0 Å². The van der Waals surface area contributed by atoms with Crippen molar-refractivity contribution in [1.29, 1.82) is 0 Å². The van der Waals surface area contributed by atoms with E-state index in [2.05, 4.69) is 5.32 Å². The molecule has 1 aromatic rings. The zero-order valence-electron chi connectivity index (χ0n) is 14.8. The Bertz CT molecular complexity index is 595. The van der Waals surface area contributed by atoms with Gasteiger partial charge in [0, 0.05) is 6.54 Å². The van der Waals surface area contributed by atoms with E-state index in [4.69, 9.17) is 9.47 Å². The lowest BCUT2D eigenvalue weighted by Gasteiger charge is -2.27. The number of hydrogen-bond donors (Lipinski definition) is 1. The predicted octanol–water partition coefficient (Wildman–Crippen LogP) is 3.11. The molecule has 2 amide bonds. The van der Waals surface area contributed by atoms with Crippen LogP contribution in [-0.2, 0) is 9.53 Å². The highest BCUT2D eigenvalue weighted by molar-refractivity contribution is 6.00. The minimum absolute atomic E-state index is 0.136. The van der Waals surface area contributed by atoms with Crippen LogP contribution >= 0.6 is 0 Å². The fraction of sp³-hybridized carbons (Fsp3) is 0.556. The summed E-state index contributed by atoms with van der Waals surface area (Å²) in [4.78, 5) is 26.6. The summed E-state index contributed by atoms with van der Waals surface area (Å²) in [6.07, 6.45) is 1.76. The molecule has 0 radical (unpaired) electrons. The van der Waals surface area contributed by atoms with Crippen molar-refractivity contribution in [2.24, 2.45) is 0 Å². The molecule has 0 saturated carbocycles. The molecule has 2 rings (SSSR count). The van der Waals surface area contributed by atoms with Crippen LogP contribution in [-0.4, -0.2) is 37.3 Å². The number of para-hydroxylation sites is 2. The molecule has 6 heteroatoms. The maximum Gasteiger partial charge on any atom is 0.408 e. The van der Waals surface area contributed by atoms with Gasteiger partial charge in [-0.25, -0.2) is 4.79 Å². The van der Waals surface area contributed by atoms with E-state index >= 15 is 0 Å². The minimum atomic E-state index is -0.597. The lowest BCUT2D eigenvalue weighted by molar-refractivity contribution is -0.120. The van der Waals surface area contributed by atoms with Gasteiger partial charge >= 0.3 is 6.09 Å². The third-order valence-electron chi connectivity index (χ3n) is 3.76. The van der Waals surface area contributed by atoms with E-state index in [0.29, 0.717) is 18.7 Å². The van der Waals surface area contributed by atoms with Gasteiger partial charge in [-0.15, -0.1) is 0 Å². The molecule has 0 bridgehead atoms. The molecule has 0 spiro atoms. The van der Waals surface area contributed by atoms with Gasteiger partial charge in [0.15, 0.2) is 0 Å². The number of amides is 2. The highest BCUT2D eigenvalue weighted by Crippen LogP contribution is 2.30. The summed E-state index contributed by atoms with van der Waals surface area (Å²) in [6.45, 7) is 5.99. The smallest absolute Gasteiger partial charge is 0.408 e. The Balaban J connectivity index is 2.17. The molecule has 1 N–H and O–H groups in total. The van der Waals surface area contributed by atoms with Crippen molar-refractivity contribution < 1.29 is 19.1 Å². The number of carbonyl (C=O) groups excluding carboxylic acids is 2. The predicted molar refractivity (Wildman–Crippen MR) is 92.4 cm³/mol.